The highest BCUT2D eigenvalue weighted by Gasteiger charge is 2.26. The first-order chi connectivity index (χ1) is 11.1. The van der Waals surface area contributed by atoms with Crippen LogP contribution in [-0.4, -0.2) is 41.6 Å². The number of aliphatic hydroxyl groups excluding tert-OH is 1. The number of piperidine rings is 1. The van der Waals surface area contributed by atoms with Gasteiger partial charge in [0.15, 0.2) is 0 Å². The molecule has 0 spiro atoms. The van der Waals surface area contributed by atoms with E-state index in [1.807, 2.05) is 24.0 Å². The predicted molar refractivity (Wildman–Crippen MR) is 92.6 cm³/mol. The molecule has 2 atom stereocenters. The van der Waals surface area contributed by atoms with E-state index in [2.05, 4.69) is 17.9 Å². The first-order valence-electron chi connectivity index (χ1n) is 8.95. The lowest BCUT2D eigenvalue weighted by molar-refractivity contribution is -0.118. The van der Waals surface area contributed by atoms with Crippen molar-refractivity contribution in [1.82, 2.24) is 4.90 Å². The fourth-order valence-corrected chi connectivity index (χ4v) is 3.84. The van der Waals surface area contributed by atoms with E-state index in [4.69, 9.17) is 0 Å². The van der Waals surface area contributed by atoms with Gasteiger partial charge in [-0.2, -0.15) is 0 Å². The summed E-state index contributed by atoms with van der Waals surface area (Å²) < 4.78 is 0. The highest BCUT2D eigenvalue weighted by Crippen LogP contribution is 2.31. The SMILES string of the molecule is CCC(=O)N1CCc2cc([C@@H](O)CN3CCCC[C@H]3C)ccc21. The van der Waals surface area contributed by atoms with Crippen molar-refractivity contribution in [1.29, 1.82) is 0 Å². The maximum atomic E-state index is 12.0. The van der Waals surface area contributed by atoms with E-state index in [-0.39, 0.29) is 5.91 Å². The van der Waals surface area contributed by atoms with Crippen molar-refractivity contribution < 1.29 is 9.90 Å². The number of hydrogen-bond donors (Lipinski definition) is 1. The van der Waals surface area contributed by atoms with E-state index < -0.39 is 6.10 Å². The van der Waals surface area contributed by atoms with Crippen LogP contribution in [0.3, 0.4) is 0 Å². The van der Waals surface area contributed by atoms with Crippen LogP contribution in [0.4, 0.5) is 5.69 Å². The number of anilines is 1. The lowest BCUT2D eigenvalue weighted by Gasteiger charge is -2.34. The Morgan fingerprint density at radius 3 is 2.91 bits per heavy atom. The van der Waals surface area contributed by atoms with Gasteiger partial charge < -0.3 is 10.0 Å². The summed E-state index contributed by atoms with van der Waals surface area (Å²) in [6, 6.07) is 6.65. The summed E-state index contributed by atoms with van der Waals surface area (Å²) in [6.07, 6.45) is 4.74. The Hall–Kier alpha value is -1.39. The molecule has 0 saturated carbocycles. The molecule has 4 heteroatoms. The normalized spacial score (nSPS) is 22.9. The van der Waals surface area contributed by atoms with E-state index in [1.165, 1.54) is 24.8 Å². The van der Waals surface area contributed by atoms with Gasteiger partial charge in [-0.3, -0.25) is 9.69 Å². The van der Waals surface area contributed by atoms with E-state index in [9.17, 15) is 9.90 Å². The second-order valence-electron chi connectivity index (χ2n) is 6.89. The second-order valence-corrected chi connectivity index (χ2v) is 6.89. The van der Waals surface area contributed by atoms with Gasteiger partial charge in [-0.25, -0.2) is 0 Å². The molecule has 126 valence electrons. The summed E-state index contributed by atoms with van der Waals surface area (Å²) in [5, 5.41) is 10.6. The summed E-state index contributed by atoms with van der Waals surface area (Å²) in [5.41, 5.74) is 3.20. The van der Waals surface area contributed by atoms with Crippen LogP contribution in [0.1, 0.15) is 56.8 Å². The minimum Gasteiger partial charge on any atom is -0.387 e. The summed E-state index contributed by atoms with van der Waals surface area (Å²) in [6.45, 7) is 6.71. The average Bonchev–Trinajstić information content (AvgIpc) is 2.99. The van der Waals surface area contributed by atoms with Crippen LogP contribution in [0.2, 0.25) is 0 Å². The predicted octanol–water partition coefficient (Wildman–Crippen LogP) is 2.89. The number of carbonyl (C=O) groups is 1. The highest BCUT2D eigenvalue weighted by atomic mass is 16.3. The van der Waals surface area contributed by atoms with Gasteiger partial charge in [0.25, 0.3) is 0 Å². The molecule has 1 fully saturated rings. The molecule has 4 nitrogen and oxygen atoms in total. The molecule has 1 aromatic rings. The Morgan fingerprint density at radius 1 is 1.35 bits per heavy atom. The van der Waals surface area contributed by atoms with E-state index >= 15 is 0 Å². The third kappa shape index (κ3) is 3.43. The van der Waals surface area contributed by atoms with Gasteiger partial charge in [0.05, 0.1) is 6.10 Å². The molecular formula is C19H28N2O2. The average molecular weight is 316 g/mol. The molecule has 23 heavy (non-hydrogen) atoms. The van der Waals surface area contributed by atoms with Crippen molar-refractivity contribution in [2.24, 2.45) is 0 Å². The van der Waals surface area contributed by atoms with Crippen molar-refractivity contribution in [3.8, 4) is 0 Å². The molecule has 0 aromatic heterocycles. The maximum absolute atomic E-state index is 12.0. The summed E-state index contributed by atoms with van der Waals surface area (Å²) in [7, 11) is 0. The van der Waals surface area contributed by atoms with Gasteiger partial charge in [-0.1, -0.05) is 25.5 Å². The summed E-state index contributed by atoms with van der Waals surface area (Å²) >= 11 is 0. The molecule has 2 heterocycles. The molecule has 0 radical (unpaired) electrons. The molecule has 0 aliphatic carbocycles. The van der Waals surface area contributed by atoms with Crippen LogP contribution in [0.25, 0.3) is 0 Å². The van der Waals surface area contributed by atoms with Gasteiger partial charge in [-0.05, 0) is 49.9 Å². The lowest BCUT2D eigenvalue weighted by Crippen LogP contribution is -2.40. The third-order valence-corrected chi connectivity index (χ3v) is 5.34. The van der Waals surface area contributed by atoms with Crippen LogP contribution in [0.5, 0.6) is 0 Å². The molecule has 3 rings (SSSR count). The molecule has 1 saturated heterocycles. The standard InChI is InChI=1S/C19H28N2O2/c1-3-19(23)21-11-9-15-12-16(7-8-17(15)21)18(22)13-20-10-5-4-6-14(20)2/h7-8,12,14,18,22H,3-6,9-11,13H2,1-2H3/t14-,18+/m1/s1. The number of nitrogens with zero attached hydrogens (tertiary/aromatic N) is 2. The molecule has 0 bridgehead atoms. The number of rotatable bonds is 4. The van der Waals surface area contributed by atoms with Crippen LogP contribution >= 0.6 is 0 Å². The zero-order valence-electron chi connectivity index (χ0n) is 14.3. The van der Waals surface area contributed by atoms with Gasteiger partial charge in [0, 0.05) is 31.2 Å². The quantitative estimate of drug-likeness (QED) is 0.929. The first-order valence-corrected chi connectivity index (χ1v) is 8.95. The second kappa shape index (κ2) is 7.02. The molecule has 1 N–H and O–H groups in total. The molecular weight excluding hydrogens is 288 g/mol. The van der Waals surface area contributed by atoms with Gasteiger partial charge in [0.1, 0.15) is 0 Å². The number of amides is 1. The van der Waals surface area contributed by atoms with Crippen molar-refractivity contribution in [3.63, 3.8) is 0 Å². The number of β-amino-alcohol motifs (C(OH)–C–C–N with tert-alkyl or cyclic N) is 1. The first kappa shape index (κ1) is 16.5. The Balaban J connectivity index is 1.71. The molecule has 2 aliphatic rings. The number of benzene rings is 1. The zero-order chi connectivity index (χ0) is 16.4. The smallest absolute Gasteiger partial charge is 0.226 e. The Bertz CT molecular complexity index is 572. The maximum Gasteiger partial charge on any atom is 0.226 e. The number of fused-ring (bicyclic) bond motifs is 1. The van der Waals surface area contributed by atoms with Crippen molar-refractivity contribution in [2.75, 3.05) is 24.5 Å². The van der Waals surface area contributed by atoms with Crippen LogP contribution in [0.15, 0.2) is 18.2 Å². The van der Waals surface area contributed by atoms with E-state index in [0.717, 1.165) is 30.8 Å². The Labute approximate surface area is 139 Å². The molecule has 2 aliphatic heterocycles. The van der Waals surface area contributed by atoms with Crippen LogP contribution in [-0.2, 0) is 11.2 Å². The fourth-order valence-electron chi connectivity index (χ4n) is 3.84. The largest absolute Gasteiger partial charge is 0.387 e. The van der Waals surface area contributed by atoms with Crippen LogP contribution < -0.4 is 4.90 Å². The number of hydrogen-bond acceptors (Lipinski definition) is 3. The molecule has 1 amide bonds. The van der Waals surface area contributed by atoms with Gasteiger partial charge in [-0.15, -0.1) is 0 Å². The number of aliphatic hydroxyl groups is 1. The highest BCUT2D eigenvalue weighted by molar-refractivity contribution is 5.95. The summed E-state index contributed by atoms with van der Waals surface area (Å²) in [5.74, 6) is 0.180. The third-order valence-electron chi connectivity index (χ3n) is 5.34. The Kier molecular flexibility index (Phi) is 5.02. The van der Waals surface area contributed by atoms with Gasteiger partial charge in [0.2, 0.25) is 5.91 Å². The van der Waals surface area contributed by atoms with Crippen molar-refractivity contribution in [3.05, 3.63) is 29.3 Å². The monoisotopic (exact) mass is 316 g/mol. The minimum atomic E-state index is -0.447. The topological polar surface area (TPSA) is 43.8 Å². The molecule has 0 unspecified atom stereocenters. The zero-order valence-corrected chi connectivity index (χ0v) is 14.3. The fraction of sp³-hybridized carbons (Fsp3) is 0.632. The lowest BCUT2D eigenvalue weighted by atomic mass is 10.00. The Morgan fingerprint density at radius 2 is 2.17 bits per heavy atom. The van der Waals surface area contributed by atoms with E-state index in [1.54, 1.807) is 0 Å². The number of carbonyl (C=O) groups excluding carboxylic acids is 1. The van der Waals surface area contributed by atoms with Crippen molar-refractivity contribution in [2.45, 2.75) is 58.1 Å². The summed E-state index contributed by atoms with van der Waals surface area (Å²) in [4.78, 5) is 16.2. The number of likely N-dealkylation sites (tertiary alicyclic amines) is 1. The molecule has 1 aromatic carbocycles. The van der Waals surface area contributed by atoms with Crippen LogP contribution in [0, 0.1) is 0 Å². The van der Waals surface area contributed by atoms with Gasteiger partial charge >= 0.3 is 0 Å². The van der Waals surface area contributed by atoms with E-state index in [0.29, 0.717) is 19.0 Å². The van der Waals surface area contributed by atoms with Crippen molar-refractivity contribution >= 4 is 11.6 Å². The minimum absolute atomic E-state index is 0.180.